The number of nitrogens with one attached hydrogen (secondary N) is 3. The van der Waals surface area contributed by atoms with Gasteiger partial charge in [-0.15, -0.1) is 0 Å². The van der Waals surface area contributed by atoms with Crippen LogP contribution < -0.4 is 10.6 Å². The Morgan fingerprint density at radius 3 is 2.95 bits per heavy atom. The molecule has 2 aliphatic rings. The minimum atomic E-state index is 0.708. The predicted octanol–water partition coefficient (Wildman–Crippen LogP) is 1.85. The van der Waals surface area contributed by atoms with Crippen LogP contribution in [0.4, 0.5) is 0 Å². The Bertz CT molecular complexity index is 356. The third-order valence-electron chi connectivity index (χ3n) is 4.76. The van der Waals surface area contributed by atoms with Gasteiger partial charge in [-0.1, -0.05) is 12.8 Å². The van der Waals surface area contributed by atoms with Crippen molar-refractivity contribution in [2.24, 2.45) is 5.92 Å². The number of imidazole rings is 1. The average molecular weight is 262 g/mol. The van der Waals surface area contributed by atoms with Gasteiger partial charge in [-0.2, -0.15) is 0 Å². The first-order valence-corrected chi connectivity index (χ1v) is 7.88. The van der Waals surface area contributed by atoms with Crippen molar-refractivity contribution in [2.75, 3.05) is 13.1 Å². The molecule has 1 saturated heterocycles. The SMILES string of the molecule is c1c[nH]c(CCNC2CCCCC2C2CCCN2)n1. The summed E-state index contributed by atoms with van der Waals surface area (Å²) < 4.78 is 0. The summed E-state index contributed by atoms with van der Waals surface area (Å²) in [5.41, 5.74) is 0. The molecule has 2 fully saturated rings. The molecule has 106 valence electrons. The van der Waals surface area contributed by atoms with Gasteiger partial charge in [-0.3, -0.25) is 0 Å². The summed E-state index contributed by atoms with van der Waals surface area (Å²) in [5.74, 6) is 1.94. The van der Waals surface area contributed by atoms with Crippen molar-refractivity contribution in [1.82, 2.24) is 20.6 Å². The summed E-state index contributed by atoms with van der Waals surface area (Å²) in [6, 6.07) is 1.47. The summed E-state index contributed by atoms with van der Waals surface area (Å²) in [7, 11) is 0. The van der Waals surface area contributed by atoms with Crippen molar-refractivity contribution in [3.05, 3.63) is 18.2 Å². The van der Waals surface area contributed by atoms with E-state index in [2.05, 4.69) is 20.6 Å². The average Bonchev–Trinajstić information content (AvgIpc) is 3.12. The fraction of sp³-hybridized carbons (Fsp3) is 0.800. The number of hydrogen-bond donors (Lipinski definition) is 3. The van der Waals surface area contributed by atoms with Crippen molar-refractivity contribution < 1.29 is 0 Å². The summed E-state index contributed by atoms with van der Waals surface area (Å²) >= 11 is 0. The molecule has 2 heterocycles. The zero-order valence-electron chi connectivity index (χ0n) is 11.7. The highest BCUT2D eigenvalue weighted by Gasteiger charge is 2.32. The minimum Gasteiger partial charge on any atom is -0.349 e. The summed E-state index contributed by atoms with van der Waals surface area (Å²) in [4.78, 5) is 7.47. The predicted molar refractivity (Wildman–Crippen MR) is 77.1 cm³/mol. The topological polar surface area (TPSA) is 52.7 Å². The largest absolute Gasteiger partial charge is 0.349 e. The Hall–Kier alpha value is -0.870. The van der Waals surface area contributed by atoms with Gasteiger partial charge < -0.3 is 15.6 Å². The second kappa shape index (κ2) is 6.53. The van der Waals surface area contributed by atoms with Crippen LogP contribution >= 0.6 is 0 Å². The van der Waals surface area contributed by atoms with Crippen LogP contribution in [0.15, 0.2) is 12.4 Å². The minimum absolute atomic E-state index is 0.708. The van der Waals surface area contributed by atoms with Crippen LogP contribution in [-0.4, -0.2) is 35.1 Å². The smallest absolute Gasteiger partial charge is 0.107 e. The van der Waals surface area contributed by atoms with E-state index in [-0.39, 0.29) is 0 Å². The number of aromatic nitrogens is 2. The second-order valence-corrected chi connectivity index (χ2v) is 6.00. The van der Waals surface area contributed by atoms with Crippen LogP contribution in [0.25, 0.3) is 0 Å². The molecule has 3 unspecified atom stereocenters. The molecule has 1 aliphatic carbocycles. The fourth-order valence-corrected chi connectivity index (χ4v) is 3.78. The maximum atomic E-state index is 4.29. The monoisotopic (exact) mass is 262 g/mol. The van der Waals surface area contributed by atoms with E-state index in [9.17, 15) is 0 Å². The molecule has 0 radical (unpaired) electrons. The number of rotatable bonds is 5. The summed E-state index contributed by atoms with van der Waals surface area (Å²) in [5, 5.41) is 7.49. The van der Waals surface area contributed by atoms with Gasteiger partial charge in [0.15, 0.2) is 0 Å². The highest BCUT2D eigenvalue weighted by atomic mass is 15.0. The van der Waals surface area contributed by atoms with Crippen LogP contribution in [-0.2, 0) is 6.42 Å². The van der Waals surface area contributed by atoms with Gasteiger partial charge >= 0.3 is 0 Å². The van der Waals surface area contributed by atoms with E-state index in [1.165, 1.54) is 45.1 Å². The molecule has 0 bridgehead atoms. The van der Waals surface area contributed by atoms with E-state index in [4.69, 9.17) is 0 Å². The molecule has 1 saturated carbocycles. The number of nitrogens with zero attached hydrogens (tertiary/aromatic N) is 1. The molecule has 1 aliphatic heterocycles. The van der Waals surface area contributed by atoms with Gasteiger partial charge in [-0.05, 0) is 38.1 Å². The van der Waals surface area contributed by atoms with Gasteiger partial charge in [0.2, 0.25) is 0 Å². The number of aromatic amines is 1. The maximum absolute atomic E-state index is 4.29. The molecule has 3 rings (SSSR count). The summed E-state index contributed by atoms with van der Waals surface area (Å²) in [6.45, 7) is 2.27. The molecule has 1 aromatic heterocycles. The van der Waals surface area contributed by atoms with Crippen molar-refractivity contribution in [3.63, 3.8) is 0 Å². The Morgan fingerprint density at radius 2 is 2.16 bits per heavy atom. The molecule has 4 heteroatoms. The van der Waals surface area contributed by atoms with Crippen LogP contribution in [0.5, 0.6) is 0 Å². The summed E-state index contributed by atoms with van der Waals surface area (Å²) in [6.07, 6.45) is 13.0. The molecule has 0 aromatic carbocycles. The molecule has 0 amide bonds. The van der Waals surface area contributed by atoms with Crippen LogP contribution in [0, 0.1) is 5.92 Å². The molecular formula is C15H26N4. The molecular weight excluding hydrogens is 236 g/mol. The molecule has 4 nitrogen and oxygen atoms in total. The lowest BCUT2D eigenvalue weighted by molar-refractivity contribution is 0.215. The Balaban J connectivity index is 1.49. The molecule has 1 aromatic rings. The van der Waals surface area contributed by atoms with E-state index in [1.54, 1.807) is 0 Å². The van der Waals surface area contributed by atoms with E-state index < -0.39 is 0 Å². The zero-order chi connectivity index (χ0) is 12.9. The van der Waals surface area contributed by atoms with Crippen molar-refractivity contribution in [1.29, 1.82) is 0 Å². The highest BCUT2D eigenvalue weighted by Crippen LogP contribution is 2.30. The van der Waals surface area contributed by atoms with Crippen molar-refractivity contribution >= 4 is 0 Å². The quantitative estimate of drug-likeness (QED) is 0.759. The zero-order valence-corrected chi connectivity index (χ0v) is 11.7. The number of H-pyrrole nitrogens is 1. The number of hydrogen-bond acceptors (Lipinski definition) is 3. The lowest BCUT2D eigenvalue weighted by Crippen LogP contribution is -2.47. The molecule has 19 heavy (non-hydrogen) atoms. The van der Waals surface area contributed by atoms with E-state index >= 15 is 0 Å². The lowest BCUT2D eigenvalue weighted by atomic mass is 9.79. The van der Waals surface area contributed by atoms with Crippen molar-refractivity contribution in [3.8, 4) is 0 Å². The Morgan fingerprint density at radius 1 is 1.21 bits per heavy atom. The lowest BCUT2D eigenvalue weighted by Gasteiger charge is -2.36. The third-order valence-corrected chi connectivity index (χ3v) is 4.76. The van der Waals surface area contributed by atoms with E-state index in [0.717, 1.165) is 30.7 Å². The van der Waals surface area contributed by atoms with Gasteiger partial charge in [-0.25, -0.2) is 4.98 Å². The first-order chi connectivity index (χ1) is 9.43. The second-order valence-electron chi connectivity index (χ2n) is 6.00. The van der Waals surface area contributed by atoms with Crippen LogP contribution in [0.3, 0.4) is 0 Å². The first-order valence-electron chi connectivity index (χ1n) is 7.88. The Kier molecular flexibility index (Phi) is 4.51. The highest BCUT2D eigenvalue weighted by molar-refractivity contribution is 4.93. The van der Waals surface area contributed by atoms with Crippen molar-refractivity contribution in [2.45, 2.75) is 57.0 Å². The first kappa shape index (κ1) is 13.1. The van der Waals surface area contributed by atoms with Gasteiger partial charge in [0.25, 0.3) is 0 Å². The standard InChI is InChI=1S/C15H26N4/c1-2-5-13(12(4-1)14-6-3-8-16-14)17-9-7-15-18-10-11-19-15/h10-14,16-17H,1-9H2,(H,18,19). The van der Waals surface area contributed by atoms with E-state index in [1.807, 2.05) is 12.4 Å². The fourth-order valence-electron chi connectivity index (χ4n) is 3.78. The third kappa shape index (κ3) is 3.37. The van der Waals surface area contributed by atoms with Crippen LogP contribution in [0.2, 0.25) is 0 Å². The molecule has 3 N–H and O–H groups in total. The van der Waals surface area contributed by atoms with Crippen LogP contribution in [0.1, 0.15) is 44.3 Å². The maximum Gasteiger partial charge on any atom is 0.107 e. The van der Waals surface area contributed by atoms with Gasteiger partial charge in [0, 0.05) is 37.4 Å². The van der Waals surface area contributed by atoms with Gasteiger partial charge in [0.1, 0.15) is 5.82 Å². The van der Waals surface area contributed by atoms with Gasteiger partial charge in [0.05, 0.1) is 0 Å². The normalized spacial score (nSPS) is 31.7. The molecule has 3 atom stereocenters. The Labute approximate surface area is 115 Å². The van der Waals surface area contributed by atoms with E-state index in [0.29, 0.717) is 6.04 Å². The molecule has 0 spiro atoms.